The molecule has 4 N–H and O–H groups in total. The molecule has 0 spiro atoms. The maximum Gasteiger partial charge on any atom is 0.110 e. The summed E-state index contributed by atoms with van der Waals surface area (Å²) in [5.41, 5.74) is 10.9. The molecule has 2 rings (SSSR count). The van der Waals surface area contributed by atoms with Gasteiger partial charge in [-0.25, -0.2) is 4.98 Å². The molecule has 0 saturated carbocycles. The lowest BCUT2D eigenvalue weighted by atomic mass is 9.89. The molecule has 1 heterocycles. The van der Waals surface area contributed by atoms with Crippen LogP contribution in [-0.4, -0.2) is 29.7 Å². The van der Waals surface area contributed by atoms with E-state index in [0.29, 0.717) is 18.4 Å². The van der Waals surface area contributed by atoms with Crippen LogP contribution in [0.25, 0.3) is 11.0 Å². The second-order valence-electron chi connectivity index (χ2n) is 6.32. The van der Waals surface area contributed by atoms with Crippen molar-refractivity contribution in [2.75, 3.05) is 13.7 Å². The maximum atomic E-state index is 5.72. The standard InChI is InChI=1S/C17H27BrN4O/c1-11(2)15(22-23-3)9-12(5-4-8-19)17-20-14-7-6-13(18)10-16(14)21-17/h6-7,10-12,15,22H,4-5,8-9,19H2,1-3H3,(H,20,21)/t12?,15-/m1/s1. The molecule has 128 valence electrons. The fourth-order valence-electron chi connectivity index (χ4n) is 2.84. The highest BCUT2D eigenvalue weighted by Crippen LogP contribution is 2.29. The van der Waals surface area contributed by atoms with Crippen LogP contribution in [0.4, 0.5) is 0 Å². The molecule has 0 fully saturated rings. The predicted octanol–water partition coefficient (Wildman–Crippen LogP) is 3.71. The van der Waals surface area contributed by atoms with Gasteiger partial charge in [0.2, 0.25) is 0 Å². The Morgan fingerprint density at radius 1 is 1.39 bits per heavy atom. The molecule has 1 aromatic heterocycles. The van der Waals surface area contributed by atoms with E-state index in [4.69, 9.17) is 15.6 Å². The normalized spacial score (nSPS) is 14.5. The second-order valence-corrected chi connectivity index (χ2v) is 7.24. The van der Waals surface area contributed by atoms with Gasteiger partial charge in [-0.05, 0) is 49.9 Å². The van der Waals surface area contributed by atoms with Crippen molar-refractivity contribution in [3.8, 4) is 0 Å². The lowest BCUT2D eigenvalue weighted by molar-refractivity contribution is 0.0403. The van der Waals surface area contributed by atoms with Gasteiger partial charge in [0, 0.05) is 16.4 Å². The maximum absolute atomic E-state index is 5.72. The van der Waals surface area contributed by atoms with Gasteiger partial charge in [-0.2, -0.15) is 5.48 Å². The monoisotopic (exact) mass is 382 g/mol. The first-order valence-electron chi connectivity index (χ1n) is 8.18. The van der Waals surface area contributed by atoms with Crippen molar-refractivity contribution < 1.29 is 4.84 Å². The zero-order chi connectivity index (χ0) is 16.8. The van der Waals surface area contributed by atoms with Crippen LogP contribution in [0.15, 0.2) is 22.7 Å². The van der Waals surface area contributed by atoms with Crippen LogP contribution in [0.2, 0.25) is 0 Å². The largest absolute Gasteiger partial charge is 0.342 e. The molecule has 0 aliphatic carbocycles. The third-order valence-electron chi connectivity index (χ3n) is 4.22. The molecule has 2 atom stereocenters. The fraction of sp³-hybridized carbons (Fsp3) is 0.588. The second kappa shape index (κ2) is 8.78. The Balaban J connectivity index is 2.24. The third-order valence-corrected chi connectivity index (χ3v) is 4.71. The van der Waals surface area contributed by atoms with Crippen LogP contribution in [0.5, 0.6) is 0 Å². The molecule has 1 unspecified atom stereocenters. The summed E-state index contributed by atoms with van der Waals surface area (Å²) in [7, 11) is 1.67. The highest BCUT2D eigenvalue weighted by molar-refractivity contribution is 9.10. The zero-order valence-corrected chi connectivity index (χ0v) is 15.7. The summed E-state index contributed by atoms with van der Waals surface area (Å²) in [6.07, 6.45) is 2.97. The summed E-state index contributed by atoms with van der Waals surface area (Å²) in [6.45, 7) is 5.10. The van der Waals surface area contributed by atoms with Gasteiger partial charge in [0.15, 0.2) is 0 Å². The summed E-state index contributed by atoms with van der Waals surface area (Å²) in [5.74, 6) is 1.85. The first-order chi connectivity index (χ1) is 11.0. The van der Waals surface area contributed by atoms with E-state index in [9.17, 15) is 0 Å². The molecule has 2 aromatic rings. The molecule has 0 bridgehead atoms. The number of halogens is 1. The van der Waals surface area contributed by atoms with Crippen LogP contribution in [0.3, 0.4) is 0 Å². The molecule has 0 aliphatic rings. The van der Waals surface area contributed by atoms with Crippen LogP contribution >= 0.6 is 15.9 Å². The molecule has 0 amide bonds. The minimum atomic E-state index is 0.280. The predicted molar refractivity (Wildman–Crippen MR) is 98.2 cm³/mol. The van der Waals surface area contributed by atoms with Gasteiger partial charge in [-0.3, -0.25) is 0 Å². The van der Waals surface area contributed by atoms with Crippen molar-refractivity contribution in [3.63, 3.8) is 0 Å². The number of rotatable bonds is 9. The van der Waals surface area contributed by atoms with Crippen molar-refractivity contribution >= 4 is 27.0 Å². The highest BCUT2D eigenvalue weighted by Gasteiger charge is 2.23. The Hall–Kier alpha value is -0.950. The summed E-state index contributed by atoms with van der Waals surface area (Å²) in [6, 6.07) is 6.40. The van der Waals surface area contributed by atoms with Gasteiger partial charge in [0.05, 0.1) is 18.1 Å². The average molecular weight is 383 g/mol. The smallest absolute Gasteiger partial charge is 0.110 e. The van der Waals surface area contributed by atoms with E-state index in [-0.39, 0.29) is 6.04 Å². The van der Waals surface area contributed by atoms with Crippen molar-refractivity contribution in [2.45, 2.75) is 45.1 Å². The van der Waals surface area contributed by atoms with Gasteiger partial charge in [-0.15, -0.1) is 0 Å². The lowest BCUT2D eigenvalue weighted by Crippen LogP contribution is -2.34. The zero-order valence-electron chi connectivity index (χ0n) is 14.1. The molecule has 0 aliphatic heterocycles. The Bertz CT molecular complexity index is 614. The third kappa shape index (κ3) is 5.01. The summed E-state index contributed by atoms with van der Waals surface area (Å²) < 4.78 is 1.06. The minimum Gasteiger partial charge on any atom is -0.342 e. The van der Waals surface area contributed by atoms with E-state index in [0.717, 1.165) is 40.6 Å². The first kappa shape index (κ1) is 18.4. The Kier molecular flexibility index (Phi) is 7.02. The molecule has 0 saturated heterocycles. The van der Waals surface area contributed by atoms with Crippen LogP contribution < -0.4 is 11.2 Å². The Labute approximate surface area is 146 Å². The van der Waals surface area contributed by atoms with Crippen LogP contribution in [0.1, 0.15) is 44.9 Å². The van der Waals surface area contributed by atoms with Gasteiger partial charge >= 0.3 is 0 Å². The van der Waals surface area contributed by atoms with Gasteiger partial charge in [0.1, 0.15) is 5.82 Å². The number of nitrogens with zero attached hydrogens (tertiary/aromatic N) is 1. The van der Waals surface area contributed by atoms with E-state index >= 15 is 0 Å². The van der Waals surface area contributed by atoms with E-state index in [1.807, 2.05) is 12.1 Å². The van der Waals surface area contributed by atoms with Gasteiger partial charge in [0.25, 0.3) is 0 Å². The number of benzene rings is 1. The quantitative estimate of drug-likeness (QED) is 0.577. The van der Waals surface area contributed by atoms with Crippen molar-refractivity contribution in [2.24, 2.45) is 11.7 Å². The van der Waals surface area contributed by atoms with E-state index < -0.39 is 0 Å². The molecule has 23 heavy (non-hydrogen) atoms. The number of fused-ring (bicyclic) bond motifs is 1. The number of hydrogen-bond acceptors (Lipinski definition) is 4. The fourth-order valence-corrected chi connectivity index (χ4v) is 3.20. The molecular weight excluding hydrogens is 356 g/mol. The van der Waals surface area contributed by atoms with E-state index in [2.05, 4.69) is 46.3 Å². The molecule has 5 nitrogen and oxygen atoms in total. The average Bonchev–Trinajstić information content (AvgIpc) is 2.92. The summed E-state index contributed by atoms with van der Waals surface area (Å²) in [5, 5.41) is 0. The SMILES string of the molecule is CON[C@H](CC(CCCN)c1nc2ccc(Br)cc2[nH]1)C(C)C. The number of aromatic nitrogens is 2. The summed E-state index contributed by atoms with van der Waals surface area (Å²) >= 11 is 3.51. The van der Waals surface area contributed by atoms with Gasteiger partial charge in [-0.1, -0.05) is 29.8 Å². The van der Waals surface area contributed by atoms with Crippen molar-refractivity contribution in [1.29, 1.82) is 0 Å². The van der Waals surface area contributed by atoms with E-state index in [1.165, 1.54) is 0 Å². The van der Waals surface area contributed by atoms with Gasteiger partial charge < -0.3 is 15.6 Å². The van der Waals surface area contributed by atoms with Crippen LogP contribution in [0, 0.1) is 5.92 Å². The molecule has 6 heteroatoms. The highest BCUT2D eigenvalue weighted by atomic mass is 79.9. The number of nitrogens with two attached hydrogens (primary N) is 1. The number of H-pyrrole nitrogens is 1. The Morgan fingerprint density at radius 3 is 2.83 bits per heavy atom. The number of aromatic amines is 1. The van der Waals surface area contributed by atoms with Crippen molar-refractivity contribution in [1.82, 2.24) is 15.4 Å². The molecule has 1 aromatic carbocycles. The minimum absolute atomic E-state index is 0.280. The molecular formula is C17H27BrN4O. The van der Waals surface area contributed by atoms with Crippen molar-refractivity contribution in [3.05, 3.63) is 28.5 Å². The topological polar surface area (TPSA) is 76.0 Å². The lowest BCUT2D eigenvalue weighted by Gasteiger charge is -2.25. The number of hydrogen-bond donors (Lipinski definition) is 3. The molecule has 0 radical (unpaired) electrons. The number of hydroxylamine groups is 1. The van der Waals surface area contributed by atoms with E-state index in [1.54, 1.807) is 7.11 Å². The first-order valence-corrected chi connectivity index (χ1v) is 8.98. The van der Waals surface area contributed by atoms with Crippen LogP contribution in [-0.2, 0) is 4.84 Å². The number of nitrogens with one attached hydrogen (secondary N) is 2. The number of imidazole rings is 1. The Morgan fingerprint density at radius 2 is 2.17 bits per heavy atom. The summed E-state index contributed by atoms with van der Waals surface area (Å²) in [4.78, 5) is 13.4.